The Morgan fingerprint density at radius 2 is 1.58 bits per heavy atom. The average molecular weight is 707 g/mol. The molecule has 0 radical (unpaired) electrons. The molecule has 2 N–H and O–H groups in total. The van der Waals surface area contributed by atoms with Gasteiger partial charge in [-0.05, 0) is 53.9 Å². The molecular weight excluding hydrogens is 673 g/mol. The van der Waals surface area contributed by atoms with Crippen LogP contribution in [-0.4, -0.2) is 34.6 Å². The van der Waals surface area contributed by atoms with Crippen LogP contribution < -0.4 is 15.7 Å². The second-order valence-corrected chi connectivity index (χ2v) is 13.4. The Morgan fingerprint density at radius 1 is 0.875 bits per heavy atom. The first kappa shape index (κ1) is 34.6. The Balaban J connectivity index is 1.44. The number of rotatable bonds is 12. The van der Waals surface area contributed by atoms with Gasteiger partial charge in [0.15, 0.2) is 0 Å². The molecule has 0 aliphatic heterocycles. The number of anilines is 1. The number of carbonyl (C=O) groups excluding carboxylic acids is 2. The van der Waals surface area contributed by atoms with Crippen molar-refractivity contribution in [1.29, 1.82) is 0 Å². The van der Waals surface area contributed by atoms with Gasteiger partial charge in [-0.25, -0.2) is 17.9 Å². The van der Waals surface area contributed by atoms with E-state index in [-0.39, 0.29) is 27.9 Å². The second kappa shape index (κ2) is 15.0. The van der Waals surface area contributed by atoms with Gasteiger partial charge in [0.2, 0.25) is 5.91 Å². The number of halogens is 2. The summed E-state index contributed by atoms with van der Waals surface area (Å²) in [6, 6.07) is 24.6. The lowest BCUT2D eigenvalue weighted by Crippen LogP contribution is -2.31. The number of unbranched alkanes of at least 4 members (excludes halogenated alkanes) is 1. The normalized spacial score (nSPS) is 11.3. The third kappa shape index (κ3) is 7.70. The third-order valence-corrected chi connectivity index (χ3v) is 9.64. The van der Waals surface area contributed by atoms with Gasteiger partial charge in [-0.2, -0.15) is 4.68 Å². The molecule has 2 amide bonds. The molecule has 0 saturated carbocycles. The molecule has 0 fully saturated rings. The first-order valence-corrected chi connectivity index (χ1v) is 17.5. The van der Waals surface area contributed by atoms with Crippen LogP contribution in [-0.2, 0) is 27.8 Å². The number of aromatic nitrogens is 3. The Morgan fingerprint density at radius 3 is 2.29 bits per heavy atom. The number of nitrogens with zero attached hydrogens (tertiary/aromatic N) is 3. The van der Waals surface area contributed by atoms with E-state index in [1.165, 1.54) is 22.9 Å². The van der Waals surface area contributed by atoms with Gasteiger partial charge < -0.3 is 5.32 Å². The van der Waals surface area contributed by atoms with Crippen molar-refractivity contribution in [2.24, 2.45) is 0 Å². The highest BCUT2D eigenvalue weighted by Gasteiger charge is 2.24. The van der Waals surface area contributed by atoms with Gasteiger partial charge in [0.1, 0.15) is 5.82 Å². The number of aryl methyl sites for hydroxylation is 1. The highest BCUT2D eigenvalue weighted by Crippen LogP contribution is 2.29. The number of sulfonamides is 1. The van der Waals surface area contributed by atoms with E-state index in [0.717, 1.165) is 18.4 Å². The van der Waals surface area contributed by atoms with Crippen LogP contribution in [0, 0.1) is 0 Å². The number of nitrogens with one attached hydrogen (secondary N) is 2. The van der Waals surface area contributed by atoms with Gasteiger partial charge >= 0.3 is 5.69 Å². The minimum absolute atomic E-state index is 0.0414. The fourth-order valence-corrected chi connectivity index (χ4v) is 6.68. The van der Waals surface area contributed by atoms with Crippen LogP contribution in [0.1, 0.15) is 54.9 Å². The Labute approximate surface area is 288 Å². The zero-order valence-electron chi connectivity index (χ0n) is 26.2. The molecule has 0 atom stereocenters. The molecule has 0 unspecified atom stereocenters. The van der Waals surface area contributed by atoms with Gasteiger partial charge in [-0.3, -0.25) is 14.2 Å². The van der Waals surface area contributed by atoms with Crippen LogP contribution in [0.15, 0.2) is 101 Å². The van der Waals surface area contributed by atoms with E-state index in [1.807, 2.05) is 12.1 Å². The quantitative estimate of drug-likeness (QED) is 0.146. The summed E-state index contributed by atoms with van der Waals surface area (Å²) < 4.78 is 31.7. The Kier molecular flexibility index (Phi) is 10.8. The minimum Gasteiger partial charge on any atom is -0.326 e. The van der Waals surface area contributed by atoms with Crippen LogP contribution in [0.2, 0.25) is 10.0 Å². The molecule has 0 bridgehead atoms. The van der Waals surface area contributed by atoms with Crippen LogP contribution in [0.3, 0.4) is 0 Å². The molecule has 0 spiro atoms. The fraction of sp³-hybridized carbons (Fsp3) is 0.200. The maximum Gasteiger partial charge on any atom is 0.351 e. The van der Waals surface area contributed by atoms with Crippen molar-refractivity contribution in [2.45, 2.75) is 51.0 Å². The number of hydrogen-bond donors (Lipinski definition) is 2. The largest absolute Gasteiger partial charge is 0.351 e. The summed E-state index contributed by atoms with van der Waals surface area (Å²) in [4.78, 5) is 38.4. The molecule has 48 heavy (non-hydrogen) atoms. The zero-order valence-corrected chi connectivity index (χ0v) is 28.6. The molecule has 0 aliphatic carbocycles. The molecule has 1 heterocycles. The van der Waals surface area contributed by atoms with Gasteiger partial charge in [0.05, 0.1) is 32.7 Å². The van der Waals surface area contributed by atoms with E-state index in [4.69, 9.17) is 23.2 Å². The second-order valence-electron chi connectivity index (χ2n) is 11.0. The Hall–Kier alpha value is -4.71. The zero-order chi connectivity index (χ0) is 34.4. The third-order valence-electron chi connectivity index (χ3n) is 7.60. The van der Waals surface area contributed by atoms with Crippen molar-refractivity contribution >= 4 is 50.7 Å². The van der Waals surface area contributed by atoms with Crippen molar-refractivity contribution in [3.63, 3.8) is 0 Å². The van der Waals surface area contributed by atoms with E-state index < -0.39 is 21.6 Å². The average Bonchev–Trinajstić information content (AvgIpc) is 3.38. The van der Waals surface area contributed by atoms with Gasteiger partial charge in [0, 0.05) is 24.1 Å². The summed E-state index contributed by atoms with van der Waals surface area (Å²) in [7, 11) is -4.27. The summed E-state index contributed by atoms with van der Waals surface area (Å²) in [5.74, 6) is -0.430. The van der Waals surface area contributed by atoms with Crippen molar-refractivity contribution < 1.29 is 18.0 Å². The summed E-state index contributed by atoms with van der Waals surface area (Å²) in [5.41, 5.74) is 2.26. The molecule has 0 aliphatic rings. The number of benzene rings is 4. The van der Waals surface area contributed by atoms with Gasteiger partial charge in [-0.15, -0.1) is 5.10 Å². The van der Waals surface area contributed by atoms with Crippen LogP contribution >= 0.6 is 23.2 Å². The standard InChI is InChI=1S/C35H33Cl2N5O5S/c1-3-5-14-32-39-42(30-21-25(19-20-29(30)37)38-33(43)4-2)35(45)41(32)22-23-15-17-24(18-16-23)26-10-7-9-13-31(26)48(46,47)40-34(44)27-11-6-8-12-28(27)36/h6-13,15-21H,3-5,14,22H2,1-2H3,(H,38,43)(H,40,44). The van der Waals surface area contributed by atoms with Crippen LogP contribution in [0.4, 0.5) is 5.69 Å². The summed E-state index contributed by atoms with van der Waals surface area (Å²) in [5, 5.41) is 7.85. The highest BCUT2D eigenvalue weighted by molar-refractivity contribution is 7.90. The van der Waals surface area contributed by atoms with E-state index in [9.17, 15) is 22.8 Å². The lowest BCUT2D eigenvalue weighted by atomic mass is 10.0. The fourth-order valence-electron chi connectivity index (χ4n) is 5.06. The Bertz CT molecular complexity index is 2140. The lowest BCUT2D eigenvalue weighted by Gasteiger charge is -2.13. The molecule has 5 aromatic rings. The maximum absolute atomic E-state index is 13.8. The van der Waals surface area contributed by atoms with Crippen molar-refractivity contribution in [3.05, 3.63) is 128 Å². The van der Waals surface area contributed by atoms with Gasteiger partial charge in [0.25, 0.3) is 15.9 Å². The lowest BCUT2D eigenvalue weighted by molar-refractivity contribution is -0.115. The maximum atomic E-state index is 13.8. The number of amides is 2. The van der Waals surface area contributed by atoms with E-state index in [0.29, 0.717) is 46.2 Å². The number of hydrogen-bond acceptors (Lipinski definition) is 6. The van der Waals surface area contributed by atoms with Crippen LogP contribution in [0.5, 0.6) is 0 Å². The van der Waals surface area contributed by atoms with Gasteiger partial charge in [-0.1, -0.05) is 98.1 Å². The summed E-state index contributed by atoms with van der Waals surface area (Å²) in [6.07, 6.45) is 2.57. The predicted molar refractivity (Wildman–Crippen MR) is 187 cm³/mol. The molecule has 10 nitrogen and oxygen atoms in total. The molecule has 5 rings (SSSR count). The van der Waals surface area contributed by atoms with Crippen molar-refractivity contribution in [3.8, 4) is 16.8 Å². The first-order chi connectivity index (χ1) is 23.0. The van der Waals surface area contributed by atoms with Crippen molar-refractivity contribution in [2.75, 3.05) is 5.32 Å². The summed E-state index contributed by atoms with van der Waals surface area (Å²) >= 11 is 12.6. The molecule has 0 saturated heterocycles. The first-order valence-electron chi connectivity index (χ1n) is 15.3. The van der Waals surface area contributed by atoms with E-state index in [1.54, 1.807) is 72.2 Å². The molecule has 1 aromatic heterocycles. The monoisotopic (exact) mass is 705 g/mol. The molecular formula is C35H33Cl2N5O5S. The summed E-state index contributed by atoms with van der Waals surface area (Å²) in [6.45, 7) is 4.00. The minimum atomic E-state index is -4.27. The highest BCUT2D eigenvalue weighted by atomic mass is 35.5. The van der Waals surface area contributed by atoms with E-state index in [2.05, 4.69) is 22.1 Å². The molecule has 248 valence electrons. The SMILES string of the molecule is CCCCc1nn(-c2cc(NC(=O)CC)ccc2Cl)c(=O)n1Cc1ccc(-c2ccccc2S(=O)(=O)NC(=O)c2ccccc2Cl)cc1. The van der Waals surface area contributed by atoms with Crippen LogP contribution in [0.25, 0.3) is 16.8 Å². The smallest absolute Gasteiger partial charge is 0.326 e. The number of carbonyl (C=O) groups is 2. The van der Waals surface area contributed by atoms with E-state index >= 15 is 0 Å². The molecule has 4 aromatic carbocycles. The topological polar surface area (TPSA) is 132 Å². The predicted octanol–water partition coefficient (Wildman–Crippen LogP) is 6.87. The van der Waals surface area contributed by atoms with Crippen molar-refractivity contribution in [1.82, 2.24) is 19.1 Å². The molecule has 13 heteroatoms.